The zero-order chi connectivity index (χ0) is 56.7. The summed E-state index contributed by atoms with van der Waals surface area (Å²) < 4.78 is 4.98. The van der Waals surface area contributed by atoms with Gasteiger partial charge in [0.1, 0.15) is 10.0 Å². The highest BCUT2D eigenvalue weighted by molar-refractivity contribution is 7.28. The molecule has 10 aromatic heterocycles. The first-order valence-electron chi connectivity index (χ1n) is 27.9. The Bertz CT molecular complexity index is 5260. The number of fused-ring (bicyclic) bond motifs is 7. The highest BCUT2D eigenvalue weighted by Crippen LogP contribution is 2.48. The normalized spacial score (nSPS) is 11.7. The zero-order valence-electron chi connectivity index (χ0n) is 45.3. The van der Waals surface area contributed by atoms with Crippen molar-refractivity contribution in [1.82, 2.24) is 39.0 Å². The molecule has 7 aromatic carbocycles. The van der Waals surface area contributed by atoms with Crippen LogP contribution in [0.25, 0.3) is 160 Å². The third-order valence-electron chi connectivity index (χ3n) is 15.3. The van der Waals surface area contributed by atoms with Crippen LogP contribution in [0.5, 0.6) is 0 Å². The molecule has 10 heterocycles. The molecule has 0 bridgehead atoms. The Hall–Kier alpha value is -9.64. The maximum absolute atomic E-state index is 5.01. The molecule has 0 aliphatic rings. The van der Waals surface area contributed by atoms with Gasteiger partial charge in [0.15, 0.2) is 34.9 Å². The number of nitrogens with zero attached hydrogens (tertiary/aromatic N) is 8. The van der Waals surface area contributed by atoms with Crippen LogP contribution in [0.15, 0.2) is 255 Å². The SMILES string of the molecule is c1ccc(-c2nc(-c3ccccc3)nc(-c3ccc(-c4ccc(-c5ccc(-n6c7ccccc7c7c6ccc6c8ccccc8n(-c8ccc(-c9ccc(-c%10ccc(-c%11nc(-c%12ccccc%12)nc(-c%12ccccc%12)n%11)s%10)s9)s8)c67)s5)s4)s3)n2)cc1. The second-order valence-corrected chi connectivity index (χ2v) is 27.0. The number of benzene rings is 7. The lowest BCUT2D eigenvalue weighted by Crippen LogP contribution is -1.99. The summed E-state index contributed by atoms with van der Waals surface area (Å²) in [6, 6.07) is 89.9. The van der Waals surface area contributed by atoms with E-state index in [0.29, 0.717) is 34.9 Å². The molecule has 86 heavy (non-hydrogen) atoms. The Morgan fingerprint density at radius 2 is 0.523 bits per heavy atom. The van der Waals surface area contributed by atoms with E-state index in [1.54, 1.807) is 22.7 Å². The first-order valence-corrected chi connectivity index (χ1v) is 32.8. The van der Waals surface area contributed by atoms with Crippen molar-refractivity contribution < 1.29 is 0 Å². The fourth-order valence-corrected chi connectivity index (χ4v) is 17.7. The van der Waals surface area contributed by atoms with E-state index in [-0.39, 0.29) is 0 Å². The van der Waals surface area contributed by atoms with Crippen LogP contribution in [0.4, 0.5) is 0 Å². The molecule has 0 aliphatic heterocycles. The Kier molecular flexibility index (Phi) is 12.5. The van der Waals surface area contributed by atoms with Crippen molar-refractivity contribution >= 4 is 112 Å². The van der Waals surface area contributed by atoms with E-state index in [4.69, 9.17) is 29.9 Å². The van der Waals surface area contributed by atoms with Gasteiger partial charge in [0, 0.05) is 82.8 Å². The molecule has 0 unspecified atom stereocenters. The average molecular weight is 1210 g/mol. The van der Waals surface area contributed by atoms with Gasteiger partial charge < -0.3 is 4.57 Å². The van der Waals surface area contributed by atoms with Crippen LogP contribution in [0.2, 0.25) is 0 Å². The predicted molar refractivity (Wildman–Crippen MR) is 364 cm³/mol. The Balaban J connectivity index is 0.694. The molecule has 0 aliphatic carbocycles. The van der Waals surface area contributed by atoms with Crippen molar-refractivity contribution in [2.75, 3.05) is 0 Å². The molecule has 0 atom stereocenters. The summed E-state index contributed by atoms with van der Waals surface area (Å²) in [4.78, 5) is 41.6. The van der Waals surface area contributed by atoms with Crippen LogP contribution in [0.3, 0.4) is 0 Å². The summed E-state index contributed by atoms with van der Waals surface area (Å²) in [6.07, 6.45) is 0. The summed E-state index contributed by atoms with van der Waals surface area (Å²) >= 11 is 10.7. The lowest BCUT2D eigenvalue weighted by Gasteiger charge is -2.07. The number of thiophene rings is 6. The van der Waals surface area contributed by atoms with E-state index in [1.165, 1.54) is 92.6 Å². The van der Waals surface area contributed by atoms with Crippen molar-refractivity contribution in [3.63, 3.8) is 0 Å². The van der Waals surface area contributed by atoms with Crippen LogP contribution in [-0.2, 0) is 0 Å². The molecule has 0 saturated carbocycles. The highest BCUT2D eigenvalue weighted by atomic mass is 32.1. The second-order valence-electron chi connectivity index (χ2n) is 20.6. The minimum atomic E-state index is 0.660. The number of hydrogen-bond donors (Lipinski definition) is 0. The first-order chi connectivity index (χ1) is 42.6. The number of rotatable bonds is 12. The van der Waals surface area contributed by atoms with Crippen LogP contribution in [0.1, 0.15) is 0 Å². The maximum atomic E-state index is 5.01. The molecule has 8 nitrogen and oxygen atoms in total. The van der Waals surface area contributed by atoms with E-state index < -0.39 is 0 Å². The van der Waals surface area contributed by atoms with E-state index in [2.05, 4.69) is 143 Å². The third-order valence-corrected chi connectivity index (χ3v) is 22.6. The van der Waals surface area contributed by atoms with Gasteiger partial charge in [-0.2, -0.15) is 0 Å². The van der Waals surface area contributed by atoms with Crippen LogP contribution in [-0.4, -0.2) is 39.0 Å². The topological polar surface area (TPSA) is 87.2 Å². The Morgan fingerprint density at radius 1 is 0.209 bits per heavy atom. The minimum absolute atomic E-state index is 0.660. The van der Waals surface area contributed by atoms with Crippen molar-refractivity contribution in [3.8, 4) is 116 Å². The van der Waals surface area contributed by atoms with E-state index in [9.17, 15) is 0 Å². The average Bonchev–Trinajstić information content (AvgIpc) is 1.68. The molecular formula is C72H42N8S6. The van der Waals surface area contributed by atoms with Gasteiger partial charge >= 0.3 is 0 Å². The first kappa shape index (κ1) is 50.8. The molecule has 17 rings (SSSR count). The van der Waals surface area contributed by atoms with Crippen LogP contribution < -0.4 is 0 Å². The summed E-state index contributed by atoms with van der Waals surface area (Å²) in [7, 11) is 0. The molecule has 0 spiro atoms. The molecule has 0 fully saturated rings. The van der Waals surface area contributed by atoms with Gasteiger partial charge in [-0.15, -0.1) is 68.0 Å². The van der Waals surface area contributed by atoms with Gasteiger partial charge in [-0.3, -0.25) is 4.57 Å². The molecule has 0 N–H and O–H groups in total. The molecule has 14 heteroatoms. The monoisotopic (exact) mass is 1210 g/mol. The lowest BCUT2D eigenvalue weighted by molar-refractivity contribution is 1.08. The predicted octanol–water partition coefficient (Wildman–Crippen LogP) is 21.3. The summed E-state index contributed by atoms with van der Waals surface area (Å²) in [5.74, 6) is 3.98. The number of para-hydroxylation sites is 2. The van der Waals surface area contributed by atoms with Gasteiger partial charge in [-0.05, 0) is 91.0 Å². The summed E-state index contributed by atoms with van der Waals surface area (Å²) in [5.41, 5.74) is 8.59. The van der Waals surface area contributed by atoms with Crippen molar-refractivity contribution in [1.29, 1.82) is 0 Å². The maximum Gasteiger partial charge on any atom is 0.174 e. The van der Waals surface area contributed by atoms with Gasteiger partial charge in [-0.25, -0.2) is 29.9 Å². The fourth-order valence-electron chi connectivity index (χ4n) is 11.4. The Labute approximate surface area is 517 Å². The molecule has 0 radical (unpaired) electrons. The van der Waals surface area contributed by atoms with Crippen LogP contribution >= 0.6 is 68.0 Å². The van der Waals surface area contributed by atoms with Crippen molar-refractivity contribution in [3.05, 3.63) is 255 Å². The quantitative estimate of drug-likeness (QED) is 0.121. The van der Waals surface area contributed by atoms with Crippen LogP contribution in [0, 0.1) is 0 Å². The fraction of sp³-hybridized carbons (Fsp3) is 0. The molecular weight excluding hydrogens is 1170 g/mol. The molecule has 0 saturated heterocycles. The zero-order valence-corrected chi connectivity index (χ0v) is 50.2. The minimum Gasteiger partial charge on any atom is -0.301 e. The Morgan fingerprint density at radius 3 is 0.953 bits per heavy atom. The number of aromatic nitrogens is 8. The highest BCUT2D eigenvalue weighted by Gasteiger charge is 2.24. The molecule has 0 amide bonds. The van der Waals surface area contributed by atoms with Gasteiger partial charge in [0.25, 0.3) is 0 Å². The van der Waals surface area contributed by atoms with E-state index in [1.807, 2.05) is 167 Å². The largest absolute Gasteiger partial charge is 0.301 e. The molecule has 406 valence electrons. The van der Waals surface area contributed by atoms with Crippen molar-refractivity contribution in [2.45, 2.75) is 0 Å². The number of hydrogen-bond acceptors (Lipinski definition) is 12. The van der Waals surface area contributed by atoms with E-state index in [0.717, 1.165) is 32.0 Å². The summed E-state index contributed by atoms with van der Waals surface area (Å²) in [5, 5.41) is 7.29. The van der Waals surface area contributed by atoms with Gasteiger partial charge in [-0.1, -0.05) is 164 Å². The van der Waals surface area contributed by atoms with Gasteiger partial charge in [0.2, 0.25) is 0 Å². The molecule has 17 aromatic rings. The van der Waals surface area contributed by atoms with Crippen molar-refractivity contribution in [2.24, 2.45) is 0 Å². The van der Waals surface area contributed by atoms with Gasteiger partial charge in [0.05, 0.1) is 31.8 Å². The standard InChI is InChI=1S/C72H42N8S6/c1-5-17-43(18-6-1)67-73-68(44-19-7-2-8-20-44)76-71(75-67)61-37-35-55(83-61)53-31-33-57(81-53)59-39-41-63(85-59)79-51-28-16-14-26-49(51)65-52(79)30-29-48-47-25-13-15-27-50(47)80(66(48)65)64-42-40-60(86-64)58-34-32-54(82-58)56-36-38-62(84-56)72-77-69(45-21-9-3-10-22-45)74-70(78-72)46-23-11-4-12-24-46/h1-42H. The second kappa shape index (κ2) is 21.2. The van der Waals surface area contributed by atoms with E-state index >= 15 is 0 Å². The smallest absolute Gasteiger partial charge is 0.174 e. The lowest BCUT2D eigenvalue weighted by atomic mass is 10.1. The summed E-state index contributed by atoms with van der Waals surface area (Å²) in [6.45, 7) is 0. The third kappa shape index (κ3) is 8.96.